The Labute approximate surface area is 161 Å². The van der Waals surface area contributed by atoms with E-state index in [4.69, 9.17) is 11.6 Å². The second-order valence-electron chi connectivity index (χ2n) is 6.32. The van der Waals surface area contributed by atoms with Crippen LogP contribution in [0.15, 0.2) is 61.1 Å². The average molecular weight is 372 g/mol. The first-order valence-electron chi connectivity index (χ1n) is 8.58. The third-order valence-corrected chi connectivity index (χ3v) is 4.84. The van der Waals surface area contributed by atoms with Gasteiger partial charge in [-0.1, -0.05) is 53.1 Å². The summed E-state index contributed by atoms with van der Waals surface area (Å²) in [6.07, 6.45) is 4.93. The molecule has 4 aromatic rings. The Balaban J connectivity index is 1.59. The molecule has 0 unspecified atom stereocenters. The fourth-order valence-corrected chi connectivity index (χ4v) is 3.47. The van der Waals surface area contributed by atoms with Crippen molar-refractivity contribution in [1.82, 2.24) is 24.5 Å². The highest BCUT2D eigenvalue weighted by Crippen LogP contribution is 2.30. The Bertz CT molecular complexity index is 1190. The summed E-state index contributed by atoms with van der Waals surface area (Å²) in [4.78, 5) is 4.56. The van der Waals surface area contributed by atoms with E-state index in [0.717, 1.165) is 28.5 Å². The molecule has 1 aliphatic heterocycles. The Morgan fingerprint density at radius 1 is 1.07 bits per heavy atom. The van der Waals surface area contributed by atoms with E-state index in [2.05, 4.69) is 43.8 Å². The van der Waals surface area contributed by atoms with Crippen molar-refractivity contribution in [3.05, 3.63) is 88.7 Å². The zero-order chi connectivity index (χ0) is 18.2. The summed E-state index contributed by atoms with van der Waals surface area (Å²) >= 11 is 6.21. The molecule has 0 saturated heterocycles. The lowest BCUT2D eigenvalue weighted by atomic mass is 10.1. The van der Waals surface area contributed by atoms with Crippen molar-refractivity contribution in [2.45, 2.75) is 12.8 Å². The maximum Gasteiger partial charge on any atom is 0.135 e. The van der Waals surface area contributed by atoms with Crippen LogP contribution in [-0.2, 0) is 12.8 Å². The minimum absolute atomic E-state index is 0.647. The SMILES string of the molecule is Clc1ccc2c(c1)-n1nncc1Cc1c(C#CCc3ccccc3)ncn1-2. The molecule has 5 rings (SSSR count). The van der Waals surface area contributed by atoms with Gasteiger partial charge in [-0.2, -0.15) is 0 Å². The molecule has 2 aromatic heterocycles. The van der Waals surface area contributed by atoms with Crippen LogP contribution in [0.3, 0.4) is 0 Å². The molecular formula is C21H14ClN5. The first-order chi connectivity index (χ1) is 13.3. The van der Waals surface area contributed by atoms with Gasteiger partial charge in [0.05, 0.1) is 29.0 Å². The number of benzene rings is 2. The summed E-state index contributed by atoms with van der Waals surface area (Å²) < 4.78 is 3.89. The van der Waals surface area contributed by atoms with E-state index >= 15 is 0 Å². The molecular weight excluding hydrogens is 358 g/mol. The van der Waals surface area contributed by atoms with Crippen molar-refractivity contribution in [2.75, 3.05) is 0 Å². The fraction of sp³-hybridized carbons (Fsp3) is 0.0952. The summed E-state index contributed by atoms with van der Waals surface area (Å²) in [5, 5.41) is 8.95. The van der Waals surface area contributed by atoms with Crippen molar-refractivity contribution < 1.29 is 0 Å². The van der Waals surface area contributed by atoms with Gasteiger partial charge in [0.2, 0.25) is 0 Å². The van der Waals surface area contributed by atoms with Gasteiger partial charge in [-0.3, -0.25) is 4.57 Å². The second-order valence-corrected chi connectivity index (χ2v) is 6.76. The smallest absolute Gasteiger partial charge is 0.135 e. The minimum Gasteiger partial charge on any atom is -0.299 e. The highest BCUT2D eigenvalue weighted by Gasteiger charge is 2.22. The van der Waals surface area contributed by atoms with E-state index in [-0.39, 0.29) is 0 Å². The molecule has 0 aliphatic carbocycles. The topological polar surface area (TPSA) is 48.5 Å². The predicted molar refractivity (Wildman–Crippen MR) is 103 cm³/mol. The Morgan fingerprint density at radius 2 is 1.96 bits per heavy atom. The molecule has 27 heavy (non-hydrogen) atoms. The number of halogens is 1. The van der Waals surface area contributed by atoms with Gasteiger partial charge in [0.25, 0.3) is 0 Å². The molecule has 2 aromatic carbocycles. The van der Waals surface area contributed by atoms with Crippen LogP contribution in [0.25, 0.3) is 11.4 Å². The molecule has 0 fully saturated rings. The molecule has 0 atom stereocenters. The normalized spacial score (nSPS) is 11.6. The number of rotatable bonds is 1. The predicted octanol–water partition coefficient (Wildman–Crippen LogP) is 3.60. The van der Waals surface area contributed by atoms with Gasteiger partial charge in [0.15, 0.2) is 0 Å². The third kappa shape index (κ3) is 2.80. The summed E-state index contributed by atoms with van der Waals surface area (Å²) in [5.41, 5.74) is 5.82. The average Bonchev–Trinajstić information content (AvgIpc) is 3.28. The number of hydrogen-bond donors (Lipinski definition) is 0. The largest absolute Gasteiger partial charge is 0.299 e. The first-order valence-corrected chi connectivity index (χ1v) is 8.96. The van der Waals surface area contributed by atoms with Gasteiger partial charge in [-0.15, -0.1) is 5.10 Å². The van der Waals surface area contributed by atoms with Crippen LogP contribution >= 0.6 is 11.6 Å². The van der Waals surface area contributed by atoms with Crippen molar-refractivity contribution >= 4 is 11.6 Å². The zero-order valence-corrected chi connectivity index (χ0v) is 15.1. The van der Waals surface area contributed by atoms with Gasteiger partial charge >= 0.3 is 0 Å². The monoisotopic (exact) mass is 371 g/mol. The number of hydrogen-bond acceptors (Lipinski definition) is 3. The Morgan fingerprint density at radius 3 is 2.85 bits per heavy atom. The van der Waals surface area contributed by atoms with Crippen molar-refractivity contribution in [2.24, 2.45) is 0 Å². The third-order valence-electron chi connectivity index (χ3n) is 4.60. The van der Waals surface area contributed by atoms with E-state index in [1.807, 2.05) is 47.4 Å². The molecule has 130 valence electrons. The van der Waals surface area contributed by atoms with Crippen molar-refractivity contribution in [3.8, 4) is 23.2 Å². The molecule has 3 heterocycles. The summed E-state index contributed by atoms with van der Waals surface area (Å²) in [5.74, 6) is 6.48. The van der Waals surface area contributed by atoms with E-state index in [9.17, 15) is 0 Å². The second kappa shape index (κ2) is 6.42. The summed E-state index contributed by atoms with van der Waals surface area (Å²) in [7, 11) is 0. The van der Waals surface area contributed by atoms with Crippen LogP contribution in [0.2, 0.25) is 5.02 Å². The van der Waals surface area contributed by atoms with Crippen LogP contribution in [0.5, 0.6) is 0 Å². The highest BCUT2D eigenvalue weighted by molar-refractivity contribution is 6.30. The minimum atomic E-state index is 0.647. The van der Waals surface area contributed by atoms with Gasteiger partial charge in [0.1, 0.15) is 12.0 Å². The quantitative estimate of drug-likeness (QED) is 0.423. The molecule has 0 saturated carbocycles. The van der Waals surface area contributed by atoms with Crippen LogP contribution in [0, 0.1) is 11.8 Å². The molecule has 0 radical (unpaired) electrons. The molecule has 6 heteroatoms. The lowest BCUT2D eigenvalue weighted by Gasteiger charge is -2.09. The first kappa shape index (κ1) is 15.9. The zero-order valence-electron chi connectivity index (χ0n) is 14.3. The van der Waals surface area contributed by atoms with Crippen LogP contribution in [-0.4, -0.2) is 24.5 Å². The number of nitrogens with zero attached hydrogens (tertiary/aromatic N) is 5. The molecule has 0 spiro atoms. The highest BCUT2D eigenvalue weighted by atomic mass is 35.5. The Hall–Kier alpha value is -3.36. The fourth-order valence-electron chi connectivity index (χ4n) is 3.30. The maximum absolute atomic E-state index is 6.21. The van der Waals surface area contributed by atoms with Gasteiger partial charge < -0.3 is 0 Å². The summed E-state index contributed by atoms with van der Waals surface area (Å²) in [6.45, 7) is 0. The Kier molecular flexibility index (Phi) is 3.77. The molecule has 5 nitrogen and oxygen atoms in total. The van der Waals surface area contributed by atoms with E-state index in [0.29, 0.717) is 17.9 Å². The summed E-state index contributed by atoms with van der Waals surface area (Å²) in [6, 6.07) is 15.9. The van der Waals surface area contributed by atoms with Crippen LogP contribution < -0.4 is 0 Å². The van der Waals surface area contributed by atoms with E-state index in [1.54, 1.807) is 6.20 Å². The number of fused-ring (bicyclic) bond motifs is 5. The number of imidazole rings is 1. The van der Waals surface area contributed by atoms with Gasteiger partial charge in [-0.05, 0) is 29.7 Å². The van der Waals surface area contributed by atoms with E-state index < -0.39 is 0 Å². The van der Waals surface area contributed by atoms with Gasteiger partial charge in [0, 0.05) is 17.9 Å². The lowest BCUT2D eigenvalue weighted by Crippen LogP contribution is -2.03. The van der Waals surface area contributed by atoms with Crippen molar-refractivity contribution in [3.63, 3.8) is 0 Å². The molecule has 0 bridgehead atoms. The molecule has 0 N–H and O–H groups in total. The van der Waals surface area contributed by atoms with Crippen molar-refractivity contribution in [1.29, 1.82) is 0 Å². The van der Waals surface area contributed by atoms with E-state index in [1.165, 1.54) is 5.56 Å². The number of aromatic nitrogens is 5. The standard InChI is InChI=1S/C21H14ClN5/c22-16-9-10-19-21(11-16)27-17(13-24-25-27)12-20-18(23-14-26(19)20)8-4-7-15-5-2-1-3-6-15/h1-3,5-6,9-11,13-14H,7,12H2. The van der Waals surface area contributed by atoms with Crippen LogP contribution in [0.4, 0.5) is 0 Å². The lowest BCUT2D eigenvalue weighted by molar-refractivity contribution is 0.778. The maximum atomic E-state index is 6.21. The molecule has 0 amide bonds. The molecule has 1 aliphatic rings. The van der Waals surface area contributed by atoms with Crippen LogP contribution in [0.1, 0.15) is 22.6 Å². The van der Waals surface area contributed by atoms with Gasteiger partial charge in [-0.25, -0.2) is 9.67 Å².